The lowest BCUT2D eigenvalue weighted by Crippen LogP contribution is -2.51. The summed E-state index contributed by atoms with van der Waals surface area (Å²) in [7, 11) is 3.31. The van der Waals surface area contributed by atoms with Gasteiger partial charge >= 0.3 is 12.1 Å². The van der Waals surface area contributed by atoms with E-state index in [9.17, 15) is 19.5 Å². The standard InChI is InChI=1S/C68H70N4O7/c1-77-55-42-38-53(39-43-55)67(49-24-8-3-9-25-49,50-26-10-4-11-27-50)69-46-22-7-16-36-62(72-66(76)79-48-61-59-34-19-17-32-57(59)58-33-18-20-35-60(58)61)64(73)71-63(65(74)75)37-21-23-47-70-68(51-28-12-5-13-29-51,52-30-14-6-15-31-52)54-40-44-56(78-2)45-41-54/h3-6,8-15,17-20,24-35,38-45,61-63,69-70H,7,16,21-23,36-37,46-48H2,1-2H3,(H,71,73)(H,72,76)(H,74,75)/t62-,63-/m0/s1. The van der Waals surface area contributed by atoms with Gasteiger partial charge in [-0.15, -0.1) is 0 Å². The van der Waals surface area contributed by atoms with Gasteiger partial charge in [-0.05, 0) is 125 Å². The number of carbonyl (C=O) groups is 3. The fraction of sp³-hybridized carbons (Fsp3) is 0.250. The Balaban J connectivity index is 0.878. The van der Waals surface area contributed by atoms with Gasteiger partial charge in [0, 0.05) is 5.92 Å². The van der Waals surface area contributed by atoms with Crippen molar-refractivity contribution in [3.8, 4) is 22.6 Å². The topological polar surface area (TPSA) is 147 Å². The molecule has 11 nitrogen and oxygen atoms in total. The van der Waals surface area contributed by atoms with E-state index < -0.39 is 41.1 Å². The summed E-state index contributed by atoms with van der Waals surface area (Å²) in [5.74, 6) is -0.384. The lowest BCUT2D eigenvalue weighted by atomic mass is 9.77. The van der Waals surface area contributed by atoms with Crippen LogP contribution < -0.4 is 30.7 Å². The van der Waals surface area contributed by atoms with E-state index in [0.29, 0.717) is 38.8 Å². The van der Waals surface area contributed by atoms with E-state index in [-0.39, 0.29) is 25.4 Å². The Bertz CT molecular complexity index is 3090. The summed E-state index contributed by atoms with van der Waals surface area (Å²) in [6.07, 6.45) is 2.83. The van der Waals surface area contributed by atoms with Gasteiger partial charge < -0.3 is 30.0 Å². The molecule has 0 aromatic heterocycles. The van der Waals surface area contributed by atoms with Gasteiger partial charge in [0.05, 0.1) is 25.3 Å². The maximum Gasteiger partial charge on any atom is 0.407 e. The molecule has 0 spiro atoms. The highest BCUT2D eigenvalue weighted by atomic mass is 16.5. The fourth-order valence-electron chi connectivity index (χ4n) is 11.3. The zero-order valence-corrected chi connectivity index (χ0v) is 45.0. The number of carboxylic acids is 1. The highest BCUT2D eigenvalue weighted by Gasteiger charge is 2.38. The second-order valence-corrected chi connectivity index (χ2v) is 20.0. The van der Waals surface area contributed by atoms with Gasteiger partial charge in [-0.3, -0.25) is 15.4 Å². The third-order valence-corrected chi connectivity index (χ3v) is 15.3. The van der Waals surface area contributed by atoms with Crippen molar-refractivity contribution in [1.29, 1.82) is 0 Å². The van der Waals surface area contributed by atoms with Crippen LogP contribution in [0.15, 0.2) is 218 Å². The molecule has 404 valence electrons. The number of carboxylic acid groups (broad SMARTS) is 1. The predicted octanol–water partition coefficient (Wildman–Crippen LogP) is 12.4. The van der Waals surface area contributed by atoms with Crippen molar-refractivity contribution in [1.82, 2.24) is 21.3 Å². The van der Waals surface area contributed by atoms with Gasteiger partial charge in [0.25, 0.3) is 0 Å². The van der Waals surface area contributed by atoms with Gasteiger partial charge in [-0.25, -0.2) is 9.59 Å². The predicted molar refractivity (Wildman–Crippen MR) is 311 cm³/mol. The summed E-state index contributed by atoms with van der Waals surface area (Å²) >= 11 is 0. The lowest BCUT2D eigenvalue weighted by Gasteiger charge is -2.37. The number of aliphatic carboxylic acids is 1. The number of benzene rings is 8. The van der Waals surface area contributed by atoms with Crippen LogP contribution in [-0.4, -0.2) is 69.1 Å². The number of amides is 2. The Morgan fingerprint density at radius 3 is 1.23 bits per heavy atom. The molecule has 8 aromatic carbocycles. The molecule has 9 rings (SSSR count). The molecular formula is C68H70N4O7. The Kier molecular flexibility index (Phi) is 18.7. The number of rotatable bonds is 27. The first-order valence-electron chi connectivity index (χ1n) is 27.4. The molecular weight excluding hydrogens is 985 g/mol. The normalized spacial score (nSPS) is 12.8. The molecule has 1 aliphatic carbocycles. The van der Waals surface area contributed by atoms with Crippen molar-refractivity contribution >= 4 is 18.0 Å². The second-order valence-electron chi connectivity index (χ2n) is 20.0. The van der Waals surface area contributed by atoms with E-state index in [1.54, 1.807) is 14.2 Å². The summed E-state index contributed by atoms with van der Waals surface area (Å²) in [6, 6.07) is 71.5. The van der Waals surface area contributed by atoms with Gasteiger partial charge in [0.2, 0.25) is 5.91 Å². The van der Waals surface area contributed by atoms with Crippen LogP contribution in [0.1, 0.15) is 95.4 Å². The number of unbranched alkanes of at least 4 members (excludes halogenated alkanes) is 3. The molecule has 0 fully saturated rings. The van der Waals surface area contributed by atoms with Gasteiger partial charge in [0.15, 0.2) is 0 Å². The molecule has 0 unspecified atom stereocenters. The molecule has 2 amide bonds. The molecule has 0 aliphatic heterocycles. The second kappa shape index (κ2) is 26.7. The van der Waals surface area contributed by atoms with Gasteiger partial charge in [-0.1, -0.05) is 207 Å². The van der Waals surface area contributed by atoms with Crippen molar-refractivity contribution in [2.75, 3.05) is 33.9 Å². The molecule has 2 atom stereocenters. The molecule has 0 bridgehead atoms. The number of hydrogen-bond donors (Lipinski definition) is 5. The Morgan fingerprint density at radius 1 is 0.443 bits per heavy atom. The summed E-state index contributed by atoms with van der Waals surface area (Å²) in [5, 5.41) is 24.1. The molecule has 79 heavy (non-hydrogen) atoms. The molecule has 1 aliphatic rings. The lowest BCUT2D eigenvalue weighted by molar-refractivity contribution is -0.142. The number of nitrogens with one attached hydrogen (secondary N) is 4. The number of carbonyl (C=O) groups excluding carboxylic acids is 2. The minimum Gasteiger partial charge on any atom is -0.497 e. The molecule has 8 aromatic rings. The first kappa shape index (κ1) is 55.3. The Hall–Kier alpha value is -8.51. The van der Waals surface area contributed by atoms with Crippen LogP contribution in [0.5, 0.6) is 11.5 Å². The van der Waals surface area contributed by atoms with Gasteiger partial charge in [0.1, 0.15) is 30.2 Å². The molecule has 0 saturated carbocycles. The Labute approximate surface area is 464 Å². The summed E-state index contributed by atoms with van der Waals surface area (Å²) in [6.45, 7) is 1.23. The van der Waals surface area contributed by atoms with Crippen LogP contribution in [0, 0.1) is 0 Å². The average molecular weight is 1060 g/mol. The quantitative estimate of drug-likeness (QED) is 0.0251. The summed E-state index contributed by atoms with van der Waals surface area (Å²) < 4.78 is 17.0. The number of methoxy groups -OCH3 is 2. The van der Waals surface area contributed by atoms with Crippen LogP contribution in [0.3, 0.4) is 0 Å². The number of ether oxygens (including phenoxy) is 3. The number of fused-ring (bicyclic) bond motifs is 3. The summed E-state index contributed by atoms with van der Waals surface area (Å²) in [5.41, 5.74) is 9.28. The van der Waals surface area contributed by atoms with E-state index in [0.717, 1.165) is 73.6 Å². The van der Waals surface area contributed by atoms with Crippen molar-refractivity contribution in [2.24, 2.45) is 0 Å². The first-order chi connectivity index (χ1) is 38.7. The fourth-order valence-corrected chi connectivity index (χ4v) is 11.3. The van der Waals surface area contributed by atoms with Crippen LogP contribution in [-0.2, 0) is 25.4 Å². The maximum atomic E-state index is 14.4. The maximum absolute atomic E-state index is 14.4. The van der Waals surface area contributed by atoms with Crippen molar-refractivity contribution in [3.05, 3.63) is 263 Å². The Morgan fingerprint density at radius 2 is 0.810 bits per heavy atom. The van der Waals surface area contributed by atoms with E-state index in [1.807, 2.05) is 121 Å². The molecule has 0 heterocycles. The van der Waals surface area contributed by atoms with E-state index in [1.165, 1.54) is 0 Å². The summed E-state index contributed by atoms with van der Waals surface area (Å²) in [4.78, 5) is 41.2. The van der Waals surface area contributed by atoms with Crippen molar-refractivity contribution < 1.29 is 33.7 Å². The molecule has 0 radical (unpaired) electrons. The zero-order valence-electron chi connectivity index (χ0n) is 45.0. The molecule has 11 heteroatoms. The third kappa shape index (κ3) is 12.8. The first-order valence-corrected chi connectivity index (χ1v) is 27.4. The molecule has 5 N–H and O–H groups in total. The van der Waals surface area contributed by atoms with Crippen LogP contribution in [0.4, 0.5) is 4.79 Å². The SMILES string of the molecule is COc1ccc(C(NCCCCC[C@H](NC(=O)OCC2c3ccccc3-c3ccccc32)C(=O)N[C@@H](CCCCNC(c2ccccc2)(c2ccccc2)c2ccc(OC)cc2)C(=O)O)(c2ccccc2)c2ccccc2)cc1. The largest absolute Gasteiger partial charge is 0.497 e. The smallest absolute Gasteiger partial charge is 0.407 e. The van der Waals surface area contributed by atoms with Crippen LogP contribution in [0.25, 0.3) is 11.1 Å². The van der Waals surface area contributed by atoms with Crippen LogP contribution >= 0.6 is 0 Å². The highest BCUT2D eigenvalue weighted by Crippen LogP contribution is 2.45. The highest BCUT2D eigenvalue weighted by molar-refractivity contribution is 5.89. The van der Waals surface area contributed by atoms with E-state index in [2.05, 4.69) is 118 Å². The minimum absolute atomic E-state index is 0.0682. The monoisotopic (exact) mass is 1050 g/mol. The molecule has 0 saturated heterocycles. The van der Waals surface area contributed by atoms with Crippen LogP contribution in [0.2, 0.25) is 0 Å². The third-order valence-electron chi connectivity index (χ3n) is 15.3. The van der Waals surface area contributed by atoms with E-state index >= 15 is 0 Å². The minimum atomic E-state index is -1.19. The number of hydrogen-bond acceptors (Lipinski definition) is 8. The van der Waals surface area contributed by atoms with E-state index in [4.69, 9.17) is 14.2 Å². The van der Waals surface area contributed by atoms with Crippen molar-refractivity contribution in [3.63, 3.8) is 0 Å². The van der Waals surface area contributed by atoms with Crippen molar-refractivity contribution in [2.45, 2.75) is 74.0 Å². The number of alkyl carbamates (subject to hydrolysis) is 1. The zero-order chi connectivity index (χ0) is 54.9. The average Bonchev–Trinajstić information content (AvgIpc) is 3.91. The van der Waals surface area contributed by atoms with Gasteiger partial charge in [-0.2, -0.15) is 0 Å².